The molecule has 1 aromatic heterocycles. The molecule has 5 heteroatoms. The summed E-state index contributed by atoms with van der Waals surface area (Å²) in [6.07, 6.45) is 4.66. The summed E-state index contributed by atoms with van der Waals surface area (Å²) in [4.78, 5) is 23.3. The molecule has 0 aliphatic rings. The second kappa shape index (κ2) is 9.01. The normalized spacial score (nSPS) is 10.5. The minimum absolute atomic E-state index is 0.212. The predicted molar refractivity (Wildman–Crippen MR) is 98.6 cm³/mol. The molecule has 2 rings (SSSR count). The quantitative estimate of drug-likeness (QED) is 0.799. The van der Waals surface area contributed by atoms with Crippen LogP contribution in [0.2, 0.25) is 0 Å². The molecule has 0 fully saturated rings. The standard InChI is InChI=1S/C19H26N4O/c1-4-13-23(14-5-2)19-20-12-11-17(22-19)18(24)21-16-9-7-15(6-3)8-10-16/h7-12H,4-6,13-14H2,1-3H3,(H,21,24). The Balaban J connectivity index is 2.12. The molecule has 0 atom stereocenters. The molecular formula is C19H26N4O. The molecule has 0 aliphatic heterocycles. The van der Waals surface area contributed by atoms with E-state index in [9.17, 15) is 4.79 Å². The summed E-state index contributed by atoms with van der Waals surface area (Å²) in [7, 11) is 0. The van der Waals surface area contributed by atoms with Crippen molar-refractivity contribution in [1.29, 1.82) is 0 Å². The summed E-state index contributed by atoms with van der Waals surface area (Å²) in [5, 5.41) is 2.89. The van der Waals surface area contributed by atoms with Crippen molar-refractivity contribution in [2.24, 2.45) is 0 Å². The average Bonchev–Trinajstić information content (AvgIpc) is 2.62. The van der Waals surface area contributed by atoms with E-state index in [4.69, 9.17) is 0 Å². The Morgan fingerprint density at radius 2 is 1.71 bits per heavy atom. The van der Waals surface area contributed by atoms with Gasteiger partial charge < -0.3 is 10.2 Å². The topological polar surface area (TPSA) is 58.1 Å². The van der Waals surface area contributed by atoms with Crippen LogP contribution in [0.4, 0.5) is 11.6 Å². The molecule has 5 nitrogen and oxygen atoms in total. The Bertz CT molecular complexity index is 649. The van der Waals surface area contributed by atoms with Crippen LogP contribution in [-0.4, -0.2) is 29.0 Å². The van der Waals surface area contributed by atoms with E-state index in [1.54, 1.807) is 12.3 Å². The fraction of sp³-hybridized carbons (Fsp3) is 0.421. The van der Waals surface area contributed by atoms with Crippen molar-refractivity contribution in [2.75, 3.05) is 23.3 Å². The maximum absolute atomic E-state index is 12.4. The third-order valence-corrected chi connectivity index (χ3v) is 3.77. The van der Waals surface area contributed by atoms with Crippen LogP contribution in [0.15, 0.2) is 36.5 Å². The van der Waals surface area contributed by atoms with Gasteiger partial charge in [-0.15, -0.1) is 0 Å². The Hall–Kier alpha value is -2.43. The van der Waals surface area contributed by atoms with Crippen LogP contribution >= 0.6 is 0 Å². The first-order chi connectivity index (χ1) is 11.7. The van der Waals surface area contributed by atoms with Crippen LogP contribution < -0.4 is 10.2 Å². The Kier molecular flexibility index (Phi) is 6.73. The Morgan fingerprint density at radius 3 is 2.29 bits per heavy atom. The third-order valence-electron chi connectivity index (χ3n) is 3.77. The van der Waals surface area contributed by atoms with E-state index >= 15 is 0 Å². The highest BCUT2D eigenvalue weighted by Crippen LogP contribution is 2.13. The highest BCUT2D eigenvalue weighted by molar-refractivity contribution is 6.02. The monoisotopic (exact) mass is 326 g/mol. The maximum Gasteiger partial charge on any atom is 0.274 e. The van der Waals surface area contributed by atoms with Crippen molar-refractivity contribution < 1.29 is 4.79 Å². The number of hydrogen-bond acceptors (Lipinski definition) is 4. The van der Waals surface area contributed by atoms with Crippen molar-refractivity contribution >= 4 is 17.5 Å². The van der Waals surface area contributed by atoms with E-state index in [-0.39, 0.29) is 5.91 Å². The minimum Gasteiger partial charge on any atom is -0.341 e. The zero-order valence-electron chi connectivity index (χ0n) is 14.7. The molecule has 0 radical (unpaired) electrons. The summed E-state index contributed by atoms with van der Waals surface area (Å²) >= 11 is 0. The summed E-state index contributed by atoms with van der Waals surface area (Å²) in [6.45, 7) is 8.13. The molecule has 0 bridgehead atoms. The van der Waals surface area contributed by atoms with Gasteiger partial charge in [-0.3, -0.25) is 4.79 Å². The molecule has 1 aromatic carbocycles. The molecule has 0 spiro atoms. The lowest BCUT2D eigenvalue weighted by atomic mass is 10.1. The number of benzene rings is 1. The van der Waals surface area contributed by atoms with Gasteiger partial charge in [-0.25, -0.2) is 9.97 Å². The molecule has 128 valence electrons. The van der Waals surface area contributed by atoms with Gasteiger partial charge in [-0.2, -0.15) is 0 Å². The van der Waals surface area contributed by atoms with Crippen LogP contribution in [0.1, 0.15) is 49.7 Å². The van der Waals surface area contributed by atoms with Gasteiger partial charge in [0.25, 0.3) is 5.91 Å². The number of hydrogen-bond donors (Lipinski definition) is 1. The van der Waals surface area contributed by atoms with E-state index in [0.29, 0.717) is 11.6 Å². The van der Waals surface area contributed by atoms with Crippen LogP contribution in [0.25, 0.3) is 0 Å². The molecule has 0 saturated carbocycles. The molecule has 1 amide bonds. The number of carbonyl (C=O) groups excluding carboxylic acids is 1. The van der Waals surface area contributed by atoms with Crippen molar-refractivity contribution in [1.82, 2.24) is 9.97 Å². The van der Waals surface area contributed by atoms with Crippen molar-refractivity contribution in [2.45, 2.75) is 40.0 Å². The van der Waals surface area contributed by atoms with E-state index in [1.165, 1.54) is 5.56 Å². The predicted octanol–water partition coefficient (Wildman–Crippen LogP) is 3.92. The number of carbonyl (C=O) groups is 1. The first kappa shape index (κ1) is 17.9. The van der Waals surface area contributed by atoms with Gasteiger partial charge in [-0.05, 0) is 43.0 Å². The summed E-state index contributed by atoms with van der Waals surface area (Å²) < 4.78 is 0. The van der Waals surface area contributed by atoms with E-state index in [2.05, 4.69) is 41.0 Å². The number of nitrogens with zero attached hydrogens (tertiary/aromatic N) is 3. The lowest BCUT2D eigenvalue weighted by molar-refractivity contribution is 0.102. The minimum atomic E-state index is -0.212. The zero-order chi connectivity index (χ0) is 17.4. The fourth-order valence-corrected chi connectivity index (χ4v) is 2.50. The molecule has 1 heterocycles. The number of aromatic nitrogens is 2. The van der Waals surface area contributed by atoms with Gasteiger partial charge in [0.15, 0.2) is 0 Å². The van der Waals surface area contributed by atoms with Crippen LogP contribution in [0.3, 0.4) is 0 Å². The smallest absolute Gasteiger partial charge is 0.274 e. The molecule has 0 unspecified atom stereocenters. The van der Waals surface area contributed by atoms with Crippen molar-refractivity contribution in [3.05, 3.63) is 47.8 Å². The number of aryl methyl sites for hydroxylation is 1. The van der Waals surface area contributed by atoms with Gasteiger partial charge in [0.2, 0.25) is 5.95 Å². The van der Waals surface area contributed by atoms with Gasteiger partial charge in [0.05, 0.1) is 0 Å². The maximum atomic E-state index is 12.4. The lowest BCUT2D eigenvalue weighted by Gasteiger charge is -2.21. The van der Waals surface area contributed by atoms with Crippen molar-refractivity contribution in [3.63, 3.8) is 0 Å². The largest absolute Gasteiger partial charge is 0.341 e. The second-order valence-corrected chi connectivity index (χ2v) is 5.73. The van der Waals surface area contributed by atoms with Gasteiger partial charge >= 0.3 is 0 Å². The summed E-state index contributed by atoms with van der Waals surface area (Å²) in [5.74, 6) is 0.406. The molecule has 0 saturated heterocycles. The number of amides is 1. The Morgan fingerprint density at radius 1 is 1.04 bits per heavy atom. The first-order valence-electron chi connectivity index (χ1n) is 8.66. The van der Waals surface area contributed by atoms with Crippen LogP contribution in [-0.2, 0) is 6.42 Å². The molecule has 0 aliphatic carbocycles. The summed E-state index contributed by atoms with van der Waals surface area (Å²) in [5.41, 5.74) is 2.40. The molecule has 2 aromatic rings. The lowest BCUT2D eigenvalue weighted by Crippen LogP contribution is -2.27. The van der Waals surface area contributed by atoms with E-state index in [1.807, 2.05) is 24.3 Å². The SMILES string of the molecule is CCCN(CCC)c1nccc(C(=O)Nc2ccc(CC)cc2)n1. The Labute approximate surface area is 144 Å². The highest BCUT2D eigenvalue weighted by atomic mass is 16.1. The fourth-order valence-electron chi connectivity index (χ4n) is 2.50. The first-order valence-corrected chi connectivity index (χ1v) is 8.66. The van der Waals surface area contributed by atoms with Crippen molar-refractivity contribution in [3.8, 4) is 0 Å². The second-order valence-electron chi connectivity index (χ2n) is 5.73. The molecular weight excluding hydrogens is 300 g/mol. The number of anilines is 2. The molecule has 1 N–H and O–H groups in total. The van der Waals surface area contributed by atoms with Gasteiger partial charge in [0, 0.05) is 25.0 Å². The van der Waals surface area contributed by atoms with Crippen LogP contribution in [0.5, 0.6) is 0 Å². The van der Waals surface area contributed by atoms with Crippen LogP contribution in [0, 0.1) is 0 Å². The van der Waals surface area contributed by atoms with E-state index < -0.39 is 0 Å². The molecule has 24 heavy (non-hydrogen) atoms. The third kappa shape index (κ3) is 4.78. The average molecular weight is 326 g/mol. The number of nitrogens with one attached hydrogen (secondary N) is 1. The van der Waals surface area contributed by atoms with Gasteiger partial charge in [0.1, 0.15) is 5.69 Å². The summed E-state index contributed by atoms with van der Waals surface area (Å²) in [6, 6.07) is 9.52. The highest BCUT2D eigenvalue weighted by Gasteiger charge is 2.13. The van der Waals surface area contributed by atoms with E-state index in [0.717, 1.165) is 38.0 Å². The zero-order valence-corrected chi connectivity index (χ0v) is 14.7. The number of rotatable bonds is 8. The van der Waals surface area contributed by atoms with Gasteiger partial charge in [-0.1, -0.05) is 32.9 Å².